The SMILES string of the molecule is COc1ccc(NC(=O)[C@@H](C)OC(=O)Cc2csc(-c3cccnc3)n2)cc1. The fraction of sp³-hybridized carbons (Fsp3) is 0.200. The second-order valence-corrected chi connectivity index (χ2v) is 6.77. The molecule has 0 unspecified atom stereocenters. The zero-order valence-electron chi connectivity index (χ0n) is 15.4. The molecule has 3 rings (SSSR count). The molecule has 0 bridgehead atoms. The van der Waals surface area contributed by atoms with Crippen molar-refractivity contribution in [2.75, 3.05) is 12.4 Å². The van der Waals surface area contributed by atoms with Crippen LogP contribution in [0.2, 0.25) is 0 Å². The third-order valence-corrected chi connectivity index (χ3v) is 4.76. The number of rotatable bonds is 7. The number of ether oxygens (including phenoxy) is 2. The number of methoxy groups -OCH3 is 1. The smallest absolute Gasteiger partial charge is 0.312 e. The number of anilines is 1. The first-order valence-electron chi connectivity index (χ1n) is 8.54. The molecule has 1 atom stereocenters. The average molecular weight is 397 g/mol. The Kier molecular flexibility index (Phi) is 6.33. The van der Waals surface area contributed by atoms with Gasteiger partial charge < -0.3 is 14.8 Å². The number of esters is 1. The summed E-state index contributed by atoms with van der Waals surface area (Å²) < 4.78 is 10.3. The number of carbonyl (C=O) groups is 2. The largest absolute Gasteiger partial charge is 0.497 e. The van der Waals surface area contributed by atoms with Gasteiger partial charge in [-0.25, -0.2) is 4.98 Å². The monoisotopic (exact) mass is 397 g/mol. The van der Waals surface area contributed by atoms with E-state index in [0.29, 0.717) is 17.1 Å². The molecule has 8 heteroatoms. The van der Waals surface area contributed by atoms with Crippen LogP contribution >= 0.6 is 11.3 Å². The minimum atomic E-state index is -0.925. The number of aromatic nitrogens is 2. The molecule has 1 aromatic carbocycles. The minimum absolute atomic E-state index is 0.00306. The molecule has 3 aromatic rings. The van der Waals surface area contributed by atoms with Gasteiger partial charge in [-0.3, -0.25) is 14.6 Å². The summed E-state index contributed by atoms with van der Waals surface area (Å²) in [6, 6.07) is 10.6. The maximum absolute atomic E-state index is 12.2. The molecule has 0 radical (unpaired) electrons. The molecule has 144 valence electrons. The van der Waals surface area contributed by atoms with Crippen molar-refractivity contribution < 1.29 is 19.1 Å². The summed E-state index contributed by atoms with van der Waals surface area (Å²) in [5, 5.41) is 5.27. The topological polar surface area (TPSA) is 90.4 Å². The molecule has 0 aliphatic carbocycles. The van der Waals surface area contributed by atoms with E-state index in [2.05, 4.69) is 15.3 Å². The van der Waals surface area contributed by atoms with Crippen LogP contribution in [0.4, 0.5) is 5.69 Å². The van der Waals surface area contributed by atoms with E-state index in [1.165, 1.54) is 18.3 Å². The molecule has 0 spiro atoms. The van der Waals surface area contributed by atoms with E-state index in [9.17, 15) is 9.59 Å². The van der Waals surface area contributed by atoms with Gasteiger partial charge in [0, 0.05) is 29.0 Å². The molecule has 7 nitrogen and oxygen atoms in total. The summed E-state index contributed by atoms with van der Waals surface area (Å²) in [5.41, 5.74) is 2.07. The third-order valence-electron chi connectivity index (χ3n) is 3.82. The minimum Gasteiger partial charge on any atom is -0.497 e. The number of hydrogen-bond acceptors (Lipinski definition) is 7. The fourth-order valence-corrected chi connectivity index (χ4v) is 3.18. The van der Waals surface area contributed by atoms with Gasteiger partial charge in [-0.1, -0.05) is 0 Å². The quantitative estimate of drug-likeness (QED) is 0.615. The third kappa shape index (κ3) is 5.14. The summed E-state index contributed by atoms with van der Waals surface area (Å²) in [6.45, 7) is 1.53. The van der Waals surface area contributed by atoms with E-state index in [-0.39, 0.29) is 6.42 Å². The van der Waals surface area contributed by atoms with Crippen LogP contribution in [0.15, 0.2) is 54.2 Å². The molecule has 1 N–H and O–H groups in total. The first-order valence-corrected chi connectivity index (χ1v) is 9.42. The van der Waals surface area contributed by atoms with Crippen LogP contribution in [0.1, 0.15) is 12.6 Å². The Morgan fingerprint density at radius 1 is 1.21 bits per heavy atom. The summed E-state index contributed by atoms with van der Waals surface area (Å²) in [4.78, 5) is 32.8. The van der Waals surface area contributed by atoms with Gasteiger partial charge in [-0.05, 0) is 43.3 Å². The molecule has 2 heterocycles. The lowest BCUT2D eigenvalue weighted by Gasteiger charge is -2.13. The van der Waals surface area contributed by atoms with E-state index < -0.39 is 18.0 Å². The zero-order chi connectivity index (χ0) is 19.9. The molecular formula is C20H19N3O4S. The second-order valence-electron chi connectivity index (χ2n) is 5.91. The van der Waals surface area contributed by atoms with Gasteiger partial charge in [0.25, 0.3) is 5.91 Å². The van der Waals surface area contributed by atoms with Crippen molar-refractivity contribution in [2.24, 2.45) is 0 Å². The Balaban J connectivity index is 1.52. The van der Waals surface area contributed by atoms with E-state index >= 15 is 0 Å². The summed E-state index contributed by atoms with van der Waals surface area (Å²) in [7, 11) is 1.57. The predicted octanol–water partition coefficient (Wildman–Crippen LogP) is 3.33. The molecule has 28 heavy (non-hydrogen) atoms. The van der Waals surface area contributed by atoms with Crippen LogP contribution in [-0.2, 0) is 20.7 Å². The van der Waals surface area contributed by atoms with E-state index in [1.807, 2.05) is 12.1 Å². The van der Waals surface area contributed by atoms with Crippen LogP contribution in [0.5, 0.6) is 5.75 Å². The highest BCUT2D eigenvalue weighted by Crippen LogP contribution is 2.23. The van der Waals surface area contributed by atoms with Crippen molar-refractivity contribution in [3.05, 3.63) is 59.9 Å². The molecule has 2 aromatic heterocycles. The summed E-state index contributed by atoms with van der Waals surface area (Å²) in [6.07, 6.45) is 2.48. The Bertz CT molecular complexity index is 942. The van der Waals surface area contributed by atoms with Crippen molar-refractivity contribution in [3.8, 4) is 16.3 Å². The highest BCUT2D eigenvalue weighted by Gasteiger charge is 2.19. The van der Waals surface area contributed by atoms with Gasteiger partial charge in [0.1, 0.15) is 10.8 Å². The van der Waals surface area contributed by atoms with Gasteiger partial charge >= 0.3 is 5.97 Å². The van der Waals surface area contributed by atoms with Crippen molar-refractivity contribution in [1.82, 2.24) is 9.97 Å². The Morgan fingerprint density at radius 2 is 2.00 bits per heavy atom. The van der Waals surface area contributed by atoms with Crippen LogP contribution in [0.3, 0.4) is 0 Å². The highest BCUT2D eigenvalue weighted by atomic mass is 32.1. The number of nitrogens with one attached hydrogen (secondary N) is 1. The van der Waals surface area contributed by atoms with Gasteiger partial charge in [0.15, 0.2) is 6.10 Å². The Morgan fingerprint density at radius 3 is 2.68 bits per heavy atom. The van der Waals surface area contributed by atoms with Crippen molar-refractivity contribution in [1.29, 1.82) is 0 Å². The number of amides is 1. The van der Waals surface area contributed by atoms with E-state index in [1.54, 1.807) is 49.1 Å². The number of benzene rings is 1. The van der Waals surface area contributed by atoms with Gasteiger partial charge in [-0.2, -0.15) is 0 Å². The van der Waals surface area contributed by atoms with Crippen LogP contribution in [0, 0.1) is 0 Å². The Labute approximate surface area is 166 Å². The Hall–Kier alpha value is -3.26. The summed E-state index contributed by atoms with van der Waals surface area (Å²) in [5.74, 6) is -0.236. The normalized spacial score (nSPS) is 11.5. The maximum atomic E-state index is 12.2. The van der Waals surface area contributed by atoms with Gasteiger partial charge in [0.05, 0.1) is 19.2 Å². The lowest BCUT2D eigenvalue weighted by Crippen LogP contribution is -2.30. The van der Waals surface area contributed by atoms with Gasteiger partial charge in [-0.15, -0.1) is 11.3 Å². The number of carbonyl (C=O) groups excluding carboxylic acids is 2. The van der Waals surface area contributed by atoms with Crippen LogP contribution in [-0.4, -0.2) is 35.1 Å². The zero-order valence-corrected chi connectivity index (χ0v) is 16.2. The van der Waals surface area contributed by atoms with Crippen LogP contribution < -0.4 is 10.1 Å². The molecule has 0 aliphatic heterocycles. The molecule has 0 fully saturated rings. The van der Waals surface area contributed by atoms with Crippen LogP contribution in [0.25, 0.3) is 10.6 Å². The van der Waals surface area contributed by atoms with E-state index in [0.717, 1.165) is 10.6 Å². The highest BCUT2D eigenvalue weighted by molar-refractivity contribution is 7.13. The lowest BCUT2D eigenvalue weighted by molar-refractivity contribution is -0.152. The van der Waals surface area contributed by atoms with Crippen molar-refractivity contribution in [2.45, 2.75) is 19.4 Å². The maximum Gasteiger partial charge on any atom is 0.312 e. The molecule has 1 amide bonds. The molecule has 0 aliphatic rings. The number of thiazole rings is 1. The molecule has 0 saturated carbocycles. The van der Waals surface area contributed by atoms with Gasteiger partial charge in [0.2, 0.25) is 0 Å². The first-order chi connectivity index (χ1) is 13.5. The summed E-state index contributed by atoms with van der Waals surface area (Å²) >= 11 is 1.43. The number of pyridine rings is 1. The molecule has 0 saturated heterocycles. The average Bonchev–Trinajstić information content (AvgIpc) is 3.17. The van der Waals surface area contributed by atoms with E-state index in [4.69, 9.17) is 9.47 Å². The first kappa shape index (κ1) is 19.5. The van der Waals surface area contributed by atoms with Crippen molar-refractivity contribution in [3.63, 3.8) is 0 Å². The lowest BCUT2D eigenvalue weighted by atomic mass is 10.2. The standard InChI is InChI=1S/C20H19N3O4S/c1-13(19(25)22-15-5-7-17(26-2)8-6-15)27-18(24)10-16-12-28-20(23-16)14-4-3-9-21-11-14/h3-9,11-13H,10H2,1-2H3,(H,22,25)/t13-/m1/s1. The number of hydrogen-bond donors (Lipinski definition) is 1. The fourth-order valence-electron chi connectivity index (χ4n) is 2.37. The number of nitrogens with zero attached hydrogens (tertiary/aromatic N) is 2. The molecular weight excluding hydrogens is 378 g/mol. The van der Waals surface area contributed by atoms with Crippen molar-refractivity contribution >= 4 is 28.9 Å². The predicted molar refractivity (Wildman–Crippen MR) is 106 cm³/mol. The second kappa shape index (κ2) is 9.09.